The van der Waals surface area contributed by atoms with Gasteiger partial charge in [-0.1, -0.05) is 19.3 Å². The van der Waals surface area contributed by atoms with Crippen LogP contribution in [0.5, 0.6) is 5.75 Å². The normalized spacial score (nSPS) is 16.0. The summed E-state index contributed by atoms with van der Waals surface area (Å²) in [4.78, 5) is 23.6. The molecule has 1 aliphatic rings. The number of carbonyl (C=O) groups is 2. The minimum Gasteiger partial charge on any atom is -0.495 e. The highest BCUT2D eigenvalue weighted by Gasteiger charge is 2.18. The van der Waals surface area contributed by atoms with Crippen LogP contribution in [-0.2, 0) is 9.59 Å². The van der Waals surface area contributed by atoms with Crippen LogP contribution in [0.25, 0.3) is 0 Å². The minimum atomic E-state index is -0.398. The predicted molar refractivity (Wildman–Crippen MR) is 100.0 cm³/mol. The lowest BCUT2D eigenvalue weighted by molar-refractivity contribution is -0.121. The third-order valence-electron chi connectivity index (χ3n) is 4.57. The number of ether oxygens (including phenoxy) is 1. The Kier molecular flexibility index (Phi) is 7.10. The average molecular weight is 347 g/mol. The second-order valence-corrected chi connectivity index (χ2v) is 6.71. The first kappa shape index (κ1) is 19.1. The van der Waals surface area contributed by atoms with Gasteiger partial charge in [0.25, 0.3) is 0 Å². The van der Waals surface area contributed by atoms with Gasteiger partial charge in [-0.3, -0.25) is 9.59 Å². The molecule has 0 spiro atoms. The summed E-state index contributed by atoms with van der Waals surface area (Å²) in [6, 6.07) is 4.90. The second-order valence-electron chi connectivity index (χ2n) is 6.71. The molecule has 138 valence electrons. The van der Waals surface area contributed by atoms with Crippen LogP contribution < -0.4 is 20.7 Å². The summed E-state index contributed by atoms with van der Waals surface area (Å²) in [5, 5.41) is 8.95. The van der Waals surface area contributed by atoms with E-state index in [-0.39, 0.29) is 11.8 Å². The maximum atomic E-state index is 12.4. The Hall–Kier alpha value is -2.24. The van der Waals surface area contributed by atoms with E-state index >= 15 is 0 Å². The van der Waals surface area contributed by atoms with Gasteiger partial charge in [0.2, 0.25) is 11.8 Å². The van der Waals surface area contributed by atoms with Crippen molar-refractivity contribution in [3.8, 4) is 5.75 Å². The van der Waals surface area contributed by atoms with E-state index in [1.807, 2.05) is 6.92 Å². The second kappa shape index (κ2) is 9.30. The van der Waals surface area contributed by atoms with E-state index in [1.54, 1.807) is 25.3 Å². The van der Waals surface area contributed by atoms with Gasteiger partial charge in [-0.15, -0.1) is 0 Å². The highest BCUT2D eigenvalue weighted by molar-refractivity contribution is 5.90. The summed E-state index contributed by atoms with van der Waals surface area (Å²) in [5.74, 6) is 1.05. The Bertz CT molecular complexity index is 598. The molecule has 1 fully saturated rings. The molecule has 1 aromatic rings. The molecule has 0 radical (unpaired) electrons. The molecule has 1 atom stereocenters. The van der Waals surface area contributed by atoms with Crippen molar-refractivity contribution in [1.82, 2.24) is 5.32 Å². The van der Waals surface area contributed by atoms with Crippen molar-refractivity contribution in [2.24, 2.45) is 5.92 Å². The molecule has 2 amide bonds. The smallest absolute Gasteiger partial charge is 0.242 e. The van der Waals surface area contributed by atoms with Gasteiger partial charge in [-0.2, -0.15) is 0 Å². The van der Waals surface area contributed by atoms with Crippen LogP contribution in [0.1, 0.15) is 46.0 Å². The summed E-state index contributed by atoms with van der Waals surface area (Å²) in [7, 11) is 1.58. The first-order valence-corrected chi connectivity index (χ1v) is 8.99. The zero-order valence-electron chi connectivity index (χ0n) is 15.4. The van der Waals surface area contributed by atoms with Crippen LogP contribution in [0.15, 0.2) is 18.2 Å². The Morgan fingerprint density at radius 3 is 2.60 bits per heavy atom. The lowest BCUT2D eigenvalue weighted by Gasteiger charge is -2.23. The zero-order valence-corrected chi connectivity index (χ0v) is 15.4. The molecule has 25 heavy (non-hydrogen) atoms. The number of carbonyl (C=O) groups excluding carboxylic acids is 2. The zero-order chi connectivity index (χ0) is 18.2. The van der Waals surface area contributed by atoms with E-state index in [0.717, 1.165) is 6.54 Å². The van der Waals surface area contributed by atoms with Crippen molar-refractivity contribution in [2.45, 2.75) is 52.0 Å². The molecule has 1 aromatic carbocycles. The monoisotopic (exact) mass is 347 g/mol. The standard InChI is InChI=1S/C19H29N3O3/c1-13(19(24)20-12-15-7-5-4-6-8-15)21-17-11-16(22-14(2)23)9-10-18(17)25-3/h9-11,13,15,21H,4-8,12H2,1-3H3,(H,20,24)(H,22,23)/t13-/m1/s1. The van der Waals surface area contributed by atoms with Gasteiger partial charge >= 0.3 is 0 Å². The maximum absolute atomic E-state index is 12.4. The van der Waals surface area contributed by atoms with Crippen molar-refractivity contribution in [2.75, 3.05) is 24.3 Å². The topological polar surface area (TPSA) is 79.5 Å². The van der Waals surface area contributed by atoms with Crippen molar-refractivity contribution >= 4 is 23.2 Å². The fourth-order valence-corrected chi connectivity index (χ4v) is 3.19. The molecule has 3 N–H and O–H groups in total. The molecule has 0 aliphatic heterocycles. The van der Waals surface area contributed by atoms with Gasteiger partial charge in [0, 0.05) is 19.2 Å². The molecule has 6 nitrogen and oxygen atoms in total. The fraction of sp³-hybridized carbons (Fsp3) is 0.579. The molecule has 2 rings (SSSR count). The number of methoxy groups -OCH3 is 1. The average Bonchev–Trinajstić information content (AvgIpc) is 2.60. The number of benzene rings is 1. The van der Waals surface area contributed by atoms with E-state index < -0.39 is 6.04 Å². The highest BCUT2D eigenvalue weighted by Crippen LogP contribution is 2.28. The van der Waals surface area contributed by atoms with Gasteiger partial charge in [0.15, 0.2) is 0 Å². The molecular weight excluding hydrogens is 318 g/mol. The number of nitrogens with one attached hydrogen (secondary N) is 3. The molecule has 0 aromatic heterocycles. The molecule has 6 heteroatoms. The third kappa shape index (κ3) is 5.96. The molecule has 0 heterocycles. The first-order chi connectivity index (χ1) is 12.0. The van der Waals surface area contributed by atoms with E-state index in [1.165, 1.54) is 39.0 Å². The van der Waals surface area contributed by atoms with Crippen molar-refractivity contribution in [3.63, 3.8) is 0 Å². The van der Waals surface area contributed by atoms with Crippen molar-refractivity contribution in [1.29, 1.82) is 0 Å². The summed E-state index contributed by atoms with van der Waals surface area (Å²) in [6.07, 6.45) is 6.25. The SMILES string of the molecule is COc1ccc(NC(C)=O)cc1N[C@H](C)C(=O)NCC1CCCCC1. The van der Waals surface area contributed by atoms with Gasteiger partial charge in [0.05, 0.1) is 12.8 Å². The molecule has 1 aliphatic carbocycles. The highest BCUT2D eigenvalue weighted by atomic mass is 16.5. The van der Waals surface area contributed by atoms with Gasteiger partial charge in [-0.05, 0) is 43.9 Å². The van der Waals surface area contributed by atoms with Gasteiger partial charge in [0.1, 0.15) is 11.8 Å². The maximum Gasteiger partial charge on any atom is 0.242 e. The van der Waals surface area contributed by atoms with E-state index in [9.17, 15) is 9.59 Å². The lowest BCUT2D eigenvalue weighted by atomic mass is 9.89. The summed E-state index contributed by atoms with van der Waals surface area (Å²) in [6.45, 7) is 4.02. The third-order valence-corrected chi connectivity index (χ3v) is 4.57. The molecule has 0 bridgehead atoms. The molecule has 0 saturated heterocycles. The van der Waals surface area contributed by atoms with Crippen LogP contribution in [0.2, 0.25) is 0 Å². The Labute approximate surface area is 149 Å². The first-order valence-electron chi connectivity index (χ1n) is 8.99. The Morgan fingerprint density at radius 1 is 1.24 bits per heavy atom. The van der Waals surface area contributed by atoms with Gasteiger partial charge < -0.3 is 20.7 Å². The summed E-state index contributed by atoms with van der Waals surface area (Å²) in [5.41, 5.74) is 1.33. The predicted octanol–water partition coefficient (Wildman–Crippen LogP) is 3.15. The largest absolute Gasteiger partial charge is 0.495 e. The molecule has 0 unspecified atom stereocenters. The fourth-order valence-electron chi connectivity index (χ4n) is 3.19. The lowest BCUT2D eigenvalue weighted by Crippen LogP contribution is -2.40. The number of hydrogen-bond donors (Lipinski definition) is 3. The van der Waals surface area contributed by atoms with Crippen LogP contribution in [-0.4, -0.2) is 31.5 Å². The Morgan fingerprint density at radius 2 is 1.96 bits per heavy atom. The van der Waals surface area contributed by atoms with Crippen LogP contribution in [0.4, 0.5) is 11.4 Å². The molecular formula is C19H29N3O3. The Balaban J connectivity index is 1.94. The van der Waals surface area contributed by atoms with Crippen LogP contribution >= 0.6 is 0 Å². The number of anilines is 2. The van der Waals surface area contributed by atoms with Gasteiger partial charge in [-0.25, -0.2) is 0 Å². The number of amides is 2. The number of hydrogen-bond acceptors (Lipinski definition) is 4. The summed E-state index contributed by atoms with van der Waals surface area (Å²) < 4.78 is 5.33. The van der Waals surface area contributed by atoms with Crippen molar-refractivity contribution < 1.29 is 14.3 Å². The van der Waals surface area contributed by atoms with Crippen LogP contribution in [0.3, 0.4) is 0 Å². The number of rotatable bonds is 7. The van der Waals surface area contributed by atoms with E-state index in [0.29, 0.717) is 23.0 Å². The van der Waals surface area contributed by atoms with E-state index in [4.69, 9.17) is 4.74 Å². The van der Waals surface area contributed by atoms with Crippen molar-refractivity contribution in [3.05, 3.63) is 18.2 Å². The quantitative estimate of drug-likeness (QED) is 0.708. The van der Waals surface area contributed by atoms with Crippen LogP contribution in [0, 0.1) is 5.92 Å². The minimum absolute atomic E-state index is 0.0300. The molecule has 1 saturated carbocycles. The summed E-state index contributed by atoms with van der Waals surface area (Å²) >= 11 is 0. The van der Waals surface area contributed by atoms with E-state index in [2.05, 4.69) is 16.0 Å².